The van der Waals surface area contributed by atoms with Crippen molar-refractivity contribution in [2.75, 3.05) is 6.17 Å². The maximum absolute atomic E-state index is 5.50. The van der Waals surface area contributed by atoms with Crippen molar-refractivity contribution in [3.63, 3.8) is 0 Å². The Morgan fingerprint density at radius 1 is 1.25 bits per heavy atom. The maximum Gasteiger partial charge on any atom is 0.0465 e. The van der Waals surface area contributed by atoms with Crippen LogP contribution in [0.1, 0.15) is 0 Å². The van der Waals surface area contributed by atoms with Crippen LogP contribution in [0.15, 0.2) is 0 Å². The van der Waals surface area contributed by atoms with Gasteiger partial charge in [0.2, 0.25) is 0 Å². The lowest BCUT2D eigenvalue weighted by atomic mass is 11.5. The van der Waals surface area contributed by atoms with Gasteiger partial charge in [0.05, 0.1) is 0 Å². The van der Waals surface area contributed by atoms with Gasteiger partial charge in [-0.15, -0.1) is 0 Å². The summed E-state index contributed by atoms with van der Waals surface area (Å²) in [5.74, 6) is 0. The molecule has 1 unspecified atom stereocenters. The minimum Gasteiger partial charge on any atom is -0.333 e. The summed E-state index contributed by atoms with van der Waals surface area (Å²) in [6.45, 7) is 7.17. The summed E-state index contributed by atoms with van der Waals surface area (Å²) in [5.41, 5.74) is 7.04. The Morgan fingerprint density at radius 3 is 1.88 bits per heavy atom. The second-order valence-electron chi connectivity index (χ2n) is 2.97. The Bertz CT molecular complexity index is 56.4. The van der Waals surface area contributed by atoms with E-state index in [9.17, 15) is 0 Å². The summed E-state index contributed by atoms with van der Waals surface area (Å²) >= 11 is 0. The molecular weight excluding hydrogens is 130 g/mol. The Hall–Kier alpha value is 0.394. The Labute approximate surface area is 55.5 Å². The third kappa shape index (κ3) is 4.55. The zero-order valence-electron chi connectivity index (χ0n) is 6.15. The molecule has 8 heavy (non-hydrogen) atoms. The highest BCUT2D eigenvalue weighted by molar-refractivity contribution is 6.75. The Balaban J connectivity index is 3.10. The van der Waals surface area contributed by atoms with Crippen LogP contribution in [-0.2, 0) is 0 Å². The van der Waals surface area contributed by atoms with E-state index in [1.165, 1.54) is 5.67 Å². The van der Waals surface area contributed by atoms with Crippen molar-refractivity contribution >= 4 is 17.6 Å². The van der Waals surface area contributed by atoms with Gasteiger partial charge < -0.3 is 5.73 Å². The van der Waals surface area contributed by atoms with E-state index < -0.39 is 8.80 Å². The summed E-state index contributed by atoms with van der Waals surface area (Å²) < 4.78 is 0. The van der Waals surface area contributed by atoms with Gasteiger partial charge in [-0.1, -0.05) is 25.3 Å². The van der Waals surface area contributed by atoms with E-state index in [1.54, 1.807) is 0 Å². The van der Waals surface area contributed by atoms with Crippen molar-refractivity contribution in [2.45, 2.75) is 25.3 Å². The van der Waals surface area contributed by atoms with Crippen molar-refractivity contribution < 1.29 is 0 Å². The molecule has 0 saturated heterocycles. The van der Waals surface area contributed by atoms with Gasteiger partial charge >= 0.3 is 0 Å². The second kappa shape index (κ2) is 4.29. The van der Waals surface area contributed by atoms with E-state index >= 15 is 0 Å². The van der Waals surface area contributed by atoms with Crippen LogP contribution >= 0.6 is 0 Å². The van der Waals surface area contributed by atoms with Crippen LogP contribution in [0.25, 0.3) is 0 Å². The first-order valence-electron chi connectivity index (χ1n) is 3.37. The Kier molecular flexibility index (Phi) is 4.50. The fourth-order valence-electron chi connectivity index (χ4n) is 0.901. The summed E-state index contributed by atoms with van der Waals surface area (Å²) in [6, 6.07) is 0. The molecule has 0 saturated carbocycles. The zero-order chi connectivity index (χ0) is 6.57. The van der Waals surface area contributed by atoms with E-state index in [-0.39, 0.29) is 8.80 Å². The van der Waals surface area contributed by atoms with E-state index in [0.29, 0.717) is 0 Å². The van der Waals surface area contributed by atoms with Gasteiger partial charge in [-0.3, -0.25) is 0 Å². The lowest BCUT2D eigenvalue weighted by molar-refractivity contribution is 1.32. The van der Waals surface area contributed by atoms with Crippen LogP contribution in [0, 0.1) is 0 Å². The molecule has 0 fully saturated rings. The lowest BCUT2D eigenvalue weighted by Gasteiger charge is -2.06. The van der Waals surface area contributed by atoms with Crippen molar-refractivity contribution in [2.24, 2.45) is 5.73 Å². The molecule has 0 aliphatic heterocycles. The molecule has 0 amide bonds. The summed E-state index contributed by atoms with van der Waals surface area (Å²) in [6.07, 6.45) is 1.01. The molecule has 0 radical (unpaired) electrons. The molecule has 0 aliphatic rings. The molecule has 0 aliphatic carbocycles. The molecule has 50 valence electrons. The molecule has 0 aromatic heterocycles. The molecule has 0 aromatic carbocycles. The first-order chi connectivity index (χ1) is 3.66. The molecule has 0 spiro atoms. The molecular formula is C5H17NSi2. The van der Waals surface area contributed by atoms with E-state index in [1.807, 2.05) is 0 Å². The third-order valence-corrected chi connectivity index (χ3v) is 9.07. The van der Waals surface area contributed by atoms with Gasteiger partial charge in [0.25, 0.3) is 0 Å². The predicted octanol–water partition coefficient (Wildman–Crippen LogP) is 0.367. The second-order valence-corrected chi connectivity index (χ2v) is 10.3. The van der Waals surface area contributed by atoms with Crippen molar-refractivity contribution in [1.82, 2.24) is 0 Å². The minimum atomic E-state index is -0.400. The van der Waals surface area contributed by atoms with Gasteiger partial charge in [-0.05, 0) is 6.17 Å². The average Bonchev–Trinajstić information content (AvgIpc) is 1.65. The number of hydrogen-bond acceptors (Lipinski definition) is 1. The molecule has 1 nitrogen and oxygen atoms in total. The molecule has 0 aromatic rings. The van der Waals surface area contributed by atoms with E-state index in [4.69, 9.17) is 5.73 Å². The first-order valence-corrected chi connectivity index (χ1v) is 9.28. The normalized spacial score (nSPS) is 14.6. The average molecular weight is 147 g/mol. The fourth-order valence-corrected chi connectivity index (χ4v) is 8.11. The molecule has 0 rings (SSSR count). The van der Waals surface area contributed by atoms with Gasteiger partial charge in [0, 0.05) is 17.6 Å². The predicted molar refractivity (Wildman–Crippen MR) is 45.8 cm³/mol. The number of rotatable bonds is 3. The van der Waals surface area contributed by atoms with Crippen molar-refractivity contribution in [3.8, 4) is 0 Å². The smallest absolute Gasteiger partial charge is 0.0465 e. The SMILES string of the molecule is C[SiH](C)C[SiH](C)CN. The van der Waals surface area contributed by atoms with Crippen molar-refractivity contribution in [3.05, 3.63) is 0 Å². The first kappa shape index (κ1) is 8.39. The monoisotopic (exact) mass is 147 g/mol. The number of hydrogen-bond donors (Lipinski definition) is 1. The highest BCUT2D eigenvalue weighted by atomic mass is 28.3. The van der Waals surface area contributed by atoms with Crippen molar-refractivity contribution in [1.29, 1.82) is 0 Å². The molecule has 0 heterocycles. The maximum atomic E-state index is 5.50. The highest BCUT2D eigenvalue weighted by Gasteiger charge is 2.03. The summed E-state index contributed by atoms with van der Waals surface area (Å²) in [5, 5.41) is 0. The number of nitrogens with two attached hydrogens (primary N) is 1. The Morgan fingerprint density at radius 2 is 1.75 bits per heavy atom. The van der Waals surface area contributed by atoms with Gasteiger partial charge in [-0.2, -0.15) is 0 Å². The van der Waals surface area contributed by atoms with Gasteiger partial charge in [0.15, 0.2) is 0 Å². The molecule has 1 atom stereocenters. The van der Waals surface area contributed by atoms with E-state index in [0.717, 1.165) is 6.17 Å². The van der Waals surface area contributed by atoms with Crippen LogP contribution in [-0.4, -0.2) is 23.8 Å². The minimum absolute atomic E-state index is 0.264. The molecule has 3 heteroatoms. The van der Waals surface area contributed by atoms with Crippen LogP contribution in [0.3, 0.4) is 0 Å². The fraction of sp³-hybridized carbons (Fsp3) is 1.00. The zero-order valence-corrected chi connectivity index (χ0v) is 8.46. The largest absolute Gasteiger partial charge is 0.333 e. The molecule has 2 N–H and O–H groups in total. The van der Waals surface area contributed by atoms with Gasteiger partial charge in [0.1, 0.15) is 0 Å². The standard InChI is InChI=1S/C5H17NSi2/c1-7(2)5-8(3)4-6/h7-8H,4-6H2,1-3H3. The summed E-state index contributed by atoms with van der Waals surface area (Å²) in [7, 11) is -0.664. The molecule has 0 bridgehead atoms. The third-order valence-electron chi connectivity index (χ3n) is 1.28. The topological polar surface area (TPSA) is 26.0 Å². The van der Waals surface area contributed by atoms with E-state index in [2.05, 4.69) is 19.6 Å². The highest BCUT2D eigenvalue weighted by Crippen LogP contribution is 1.94. The van der Waals surface area contributed by atoms with Gasteiger partial charge in [-0.25, -0.2) is 0 Å². The van der Waals surface area contributed by atoms with Crippen LogP contribution < -0.4 is 5.73 Å². The van der Waals surface area contributed by atoms with Crippen LogP contribution in [0.4, 0.5) is 0 Å². The summed E-state index contributed by atoms with van der Waals surface area (Å²) in [4.78, 5) is 0. The van der Waals surface area contributed by atoms with Crippen LogP contribution in [0.5, 0.6) is 0 Å². The van der Waals surface area contributed by atoms with Crippen LogP contribution in [0.2, 0.25) is 25.3 Å². The lowest BCUT2D eigenvalue weighted by Crippen LogP contribution is -2.25. The quantitative estimate of drug-likeness (QED) is 0.574.